The second kappa shape index (κ2) is 6.31. The smallest absolute Gasteiger partial charge is 0.321 e. The molecule has 0 atom stereocenters. The van der Waals surface area contributed by atoms with Crippen LogP contribution in [0, 0.1) is 12.7 Å². The van der Waals surface area contributed by atoms with E-state index in [4.69, 9.17) is 0 Å². The van der Waals surface area contributed by atoms with Gasteiger partial charge < -0.3 is 15.1 Å². The van der Waals surface area contributed by atoms with E-state index < -0.39 is 0 Å². The molecule has 2 aromatic rings. The van der Waals surface area contributed by atoms with Crippen LogP contribution in [-0.2, 0) is 0 Å². The standard InChI is InChI=1S/C15H17FN4OS/c1-11-2-3-12(10-13(11)16)18-14(21)19-5-7-20(8-6-19)15-17-4-9-22-15/h2-4,9-10H,5-8H2,1H3,(H,18,21). The van der Waals surface area contributed by atoms with E-state index in [1.165, 1.54) is 6.07 Å². The average molecular weight is 320 g/mol. The number of piperazine rings is 1. The molecule has 3 rings (SSSR count). The van der Waals surface area contributed by atoms with Crippen molar-refractivity contribution in [3.63, 3.8) is 0 Å². The van der Waals surface area contributed by atoms with Crippen LogP contribution in [0.4, 0.5) is 20.0 Å². The molecule has 1 aliphatic heterocycles. The Morgan fingerprint density at radius 3 is 2.73 bits per heavy atom. The van der Waals surface area contributed by atoms with Crippen molar-refractivity contribution in [1.82, 2.24) is 9.88 Å². The summed E-state index contributed by atoms with van der Waals surface area (Å²) in [5.74, 6) is -0.314. The van der Waals surface area contributed by atoms with Crippen LogP contribution in [0.5, 0.6) is 0 Å². The summed E-state index contributed by atoms with van der Waals surface area (Å²) in [7, 11) is 0. The van der Waals surface area contributed by atoms with Crippen LogP contribution in [-0.4, -0.2) is 42.1 Å². The van der Waals surface area contributed by atoms with Crippen LogP contribution >= 0.6 is 11.3 Å². The fourth-order valence-electron chi connectivity index (χ4n) is 2.35. The monoisotopic (exact) mass is 320 g/mol. The fraction of sp³-hybridized carbons (Fsp3) is 0.333. The molecular weight excluding hydrogens is 303 g/mol. The highest BCUT2D eigenvalue weighted by Gasteiger charge is 2.22. The van der Waals surface area contributed by atoms with Gasteiger partial charge in [-0.2, -0.15) is 0 Å². The molecule has 22 heavy (non-hydrogen) atoms. The van der Waals surface area contributed by atoms with Gasteiger partial charge in [0.05, 0.1) is 0 Å². The zero-order valence-electron chi connectivity index (χ0n) is 12.3. The Bertz CT molecular complexity index is 654. The largest absolute Gasteiger partial charge is 0.345 e. The third kappa shape index (κ3) is 3.19. The number of carbonyl (C=O) groups excluding carboxylic acids is 1. The molecule has 1 aromatic carbocycles. The van der Waals surface area contributed by atoms with Crippen molar-refractivity contribution in [2.24, 2.45) is 0 Å². The van der Waals surface area contributed by atoms with Crippen LogP contribution in [0.3, 0.4) is 0 Å². The number of urea groups is 1. The molecule has 2 amide bonds. The summed E-state index contributed by atoms with van der Waals surface area (Å²) in [5, 5.41) is 5.68. The molecule has 7 heteroatoms. The average Bonchev–Trinajstić information content (AvgIpc) is 3.05. The van der Waals surface area contributed by atoms with Gasteiger partial charge >= 0.3 is 6.03 Å². The summed E-state index contributed by atoms with van der Waals surface area (Å²) in [6.45, 7) is 4.45. The van der Waals surface area contributed by atoms with Crippen LogP contribution in [0.25, 0.3) is 0 Å². The van der Waals surface area contributed by atoms with Crippen LogP contribution in [0.1, 0.15) is 5.56 Å². The van der Waals surface area contributed by atoms with Crippen molar-refractivity contribution < 1.29 is 9.18 Å². The molecule has 116 valence electrons. The minimum absolute atomic E-state index is 0.193. The number of nitrogens with zero attached hydrogens (tertiary/aromatic N) is 3. The predicted molar refractivity (Wildman–Crippen MR) is 86.1 cm³/mol. The summed E-state index contributed by atoms with van der Waals surface area (Å²) in [5.41, 5.74) is 1.05. The van der Waals surface area contributed by atoms with Crippen molar-refractivity contribution in [2.75, 3.05) is 36.4 Å². The minimum Gasteiger partial charge on any atom is -0.345 e. The van der Waals surface area contributed by atoms with E-state index in [-0.39, 0.29) is 11.8 Å². The molecule has 1 aliphatic rings. The van der Waals surface area contributed by atoms with Gasteiger partial charge in [0.2, 0.25) is 0 Å². The fourth-order valence-corrected chi connectivity index (χ4v) is 3.04. The Balaban J connectivity index is 1.56. The third-order valence-electron chi connectivity index (χ3n) is 3.68. The van der Waals surface area contributed by atoms with Crippen molar-refractivity contribution in [1.29, 1.82) is 0 Å². The van der Waals surface area contributed by atoms with Gasteiger partial charge in [0.15, 0.2) is 5.13 Å². The zero-order chi connectivity index (χ0) is 15.5. The molecule has 0 radical (unpaired) electrons. The molecule has 1 N–H and O–H groups in total. The number of hydrogen-bond donors (Lipinski definition) is 1. The number of aryl methyl sites for hydroxylation is 1. The van der Waals surface area contributed by atoms with E-state index in [0.29, 0.717) is 24.3 Å². The highest BCUT2D eigenvalue weighted by atomic mass is 32.1. The number of thiazole rings is 1. The van der Waals surface area contributed by atoms with E-state index in [1.54, 1.807) is 41.5 Å². The van der Waals surface area contributed by atoms with Crippen LogP contribution < -0.4 is 10.2 Å². The Morgan fingerprint density at radius 1 is 1.32 bits per heavy atom. The first kappa shape index (κ1) is 14.8. The number of amides is 2. The van der Waals surface area contributed by atoms with Gasteiger partial charge in [-0.05, 0) is 24.6 Å². The summed E-state index contributed by atoms with van der Waals surface area (Å²) in [6.07, 6.45) is 1.78. The predicted octanol–water partition coefficient (Wildman–Crippen LogP) is 2.94. The first-order chi connectivity index (χ1) is 10.6. The topological polar surface area (TPSA) is 48.5 Å². The summed E-state index contributed by atoms with van der Waals surface area (Å²) >= 11 is 1.60. The number of carbonyl (C=O) groups is 1. The second-order valence-electron chi connectivity index (χ2n) is 5.18. The number of nitrogens with one attached hydrogen (secondary N) is 1. The van der Waals surface area contributed by atoms with Gasteiger partial charge in [-0.3, -0.25) is 0 Å². The van der Waals surface area contributed by atoms with E-state index >= 15 is 0 Å². The Kier molecular flexibility index (Phi) is 4.24. The highest BCUT2D eigenvalue weighted by Crippen LogP contribution is 2.19. The maximum atomic E-state index is 13.5. The van der Waals surface area contributed by atoms with Crippen LogP contribution in [0.15, 0.2) is 29.8 Å². The summed E-state index contributed by atoms with van der Waals surface area (Å²) < 4.78 is 13.5. The van der Waals surface area contributed by atoms with E-state index in [0.717, 1.165) is 18.2 Å². The number of hydrogen-bond acceptors (Lipinski definition) is 4. The number of benzene rings is 1. The molecule has 0 saturated carbocycles. The molecular formula is C15H17FN4OS. The van der Waals surface area contributed by atoms with E-state index in [1.807, 2.05) is 5.38 Å². The normalized spacial score (nSPS) is 15.0. The lowest BCUT2D eigenvalue weighted by molar-refractivity contribution is 0.208. The number of halogens is 1. The molecule has 0 unspecified atom stereocenters. The number of rotatable bonds is 2. The molecule has 1 fully saturated rings. The van der Waals surface area contributed by atoms with Crippen molar-refractivity contribution in [2.45, 2.75) is 6.92 Å². The van der Waals surface area contributed by atoms with Crippen LogP contribution in [0.2, 0.25) is 0 Å². The number of aromatic nitrogens is 1. The van der Waals surface area contributed by atoms with Crippen molar-refractivity contribution >= 4 is 28.2 Å². The number of anilines is 2. The van der Waals surface area contributed by atoms with Gasteiger partial charge in [0.25, 0.3) is 0 Å². The highest BCUT2D eigenvalue weighted by molar-refractivity contribution is 7.13. The molecule has 2 heterocycles. The van der Waals surface area contributed by atoms with E-state index in [2.05, 4.69) is 15.2 Å². The van der Waals surface area contributed by atoms with Gasteiger partial charge in [0.1, 0.15) is 5.82 Å². The first-order valence-electron chi connectivity index (χ1n) is 7.10. The molecule has 0 aliphatic carbocycles. The van der Waals surface area contributed by atoms with Gasteiger partial charge in [-0.25, -0.2) is 14.2 Å². The lowest BCUT2D eigenvalue weighted by atomic mass is 10.2. The van der Waals surface area contributed by atoms with Crippen molar-refractivity contribution in [3.8, 4) is 0 Å². The van der Waals surface area contributed by atoms with Crippen molar-refractivity contribution in [3.05, 3.63) is 41.2 Å². The lowest BCUT2D eigenvalue weighted by Crippen LogP contribution is -2.50. The SMILES string of the molecule is Cc1ccc(NC(=O)N2CCN(c3nccs3)CC2)cc1F. The lowest BCUT2D eigenvalue weighted by Gasteiger charge is -2.34. The Labute approximate surface area is 132 Å². The molecule has 5 nitrogen and oxygen atoms in total. The Morgan fingerprint density at radius 2 is 2.09 bits per heavy atom. The summed E-state index contributed by atoms with van der Waals surface area (Å²) in [4.78, 5) is 20.4. The second-order valence-corrected chi connectivity index (χ2v) is 6.06. The van der Waals surface area contributed by atoms with Gasteiger partial charge in [-0.1, -0.05) is 6.07 Å². The Hall–Kier alpha value is -2.15. The van der Waals surface area contributed by atoms with Gasteiger partial charge in [0, 0.05) is 43.4 Å². The quantitative estimate of drug-likeness (QED) is 0.925. The first-order valence-corrected chi connectivity index (χ1v) is 7.98. The molecule has 1 aromatic heterocycles. The third-order valence-corrected chi connectivity index (χ3v) is 4.51. The minimum atomic E-state index is -0.314. The van der Waals surface area contributed by atoms with E-state index in [9.17, 15) is 9.18 Å². The molecule has 0 spiro atoms. The summed E-state index contributed by atoms with van der Waals surface area (Å²) in [6, 6.07) is 4.52. The molecule has 1 saturated heterocycles. The zero-order valence-corrected chi connectivity index (χ0v) is 13.1. The maximum Gasteiger partial charge on any atom is 0.321 e. The van der Waals surface area contributed by atoms with Gasteiger partial charge in [-0.15, -0.1) is 11.3 Å². The maximum absolute atomic E-state index is 13.5. The molecule has 0 bridgehead atoms.